The number of hydrogen-bond acceptors (Lipinski definition) is 10. The Kier molecular flexibility index (Phi) is 8.57. The largest absolute Gasteiger partial charge is 0.459 e. The van der Waals surface area contributed by atoms with E-state index in [-0.39, 0.29) is 18.4 Å². The summed E-state index contributed by atoms with van der Waals surface area (Å²) in [6.07, 6.45) is -6.47. The molecule has 3 aliphatic rings. The summed E-state index contributed by atoms with van der Waals surface area (Å²) < 4.78 is 29.7. The molecule has 1 aromatic carbocycles. The van der Waals surface area contributed by atoms with E-state index in [0.717, 1.165) is 0 Å². The lowest BCUT2D eigenvalue weighted by molar-refractivity contribution is -0.258. The van der Waals surface area contributed by atoms with Gasteiger partial charge in [-0.2, -0.15) is 0 Å². The highest BCUT2D eigenvalue weighted by Crippen LogP contribution is 2.60. The van der Waals surface area contributed by atoms with Gasteiger partial charge in [0.05, 0.1) is 35.2 Å². The van der Waals surface area contributed by atoms with Crippen molar-refractivity contribution in [1.82, 2.24) is 0 Å². The van der Waals surface area contributed by atoms with E-state index >= 15 is 0 Å². The van der Waals surface area contributed by atoms with Gasteiger partial charge in [-0.05, 0) is 37.1 Å². The predicted octanol–water partition coefficient (Wildman–Crippen LogP) is 2.64. The van der Waals surface area contributed by atoms with Gasteiger partial charge in [0, 0.05) is 46.5 Å². The summed E-state index contributed by atoms with van der Waals surface area (Å²) in [6.45, 7) is 8.12. The third-order valence-electron chi connectivity index (χ3n) is 9.91. The highest BCUT2D eigenvalue weighted by Gasteiger charge is 2.72. The Morgan fingerprint density at radius 2 is 1.61 bits per heavy atom. The van der Waals surface area contributed by atoms with E-state index in [1.807, 2.05) is 0 Å². The Labute approximate surface area is 240 Å². The van der Waals surface area contributed by atoms with Crippen molar-refractivity contribution in [2.24, 2.45) is 16.7 Å². The number of methoxy groups -OCH3 is 3. The maximum atomic E-state index is 14.8. The first kappa shape index (κ1) is 31.3. The second-order valence-corrected chi connectivity index (χ2v) is 12.2. The van der Waals surface area contributed by atoms with Gasteiger partial charge in [0.25, 0.3) is 0 Å². The van der Waals surface area contributed by atoms with Gasteiger partial charge in [-0.3, -0.25) is 9.59 Å². The molecule has 0 unspecified atom stereocenters. The highest BCUT2D eigenvalue weighted by molar-refractivity contribution is 5.94. The molecule has 0 radical (unpaired) electrons. The summed E-state index contributed by atoms with van der Waals surface area (Å²) in [4.78, 5) is 41.0. The van der Waals surface area contributed by atoms with Gasteiger partial charge in [-0.1, -0.05) is 32.0 Å². The van der Waals surface area contributed by atoms with E-state index in [2.05, 4.69) is 0 Å². The zero-order chi connectivity index (χ0) is 30.5. The van der Waals surface area contributed by atoms with Crippen molar-refractivity contribution in [2.45, 2.75) is 89.7 Å². The molecule has 3 aliphatic carbocycles. The quantitative estimate of drug-likeness (QED) is 0.385. The van der Waals surface area contributed by atoms with Crippen LogP contribution < -0.4 is 0 Å². The fourth-order valence-corrected chi connectivity index (χ4v) is 7.58. The fraction of sp³-hybridized carbons (Fsp3) is 0.645. The smallest absolute Gasteiger partial charge is 0.338 e. The van der Waals surface area contributed by atoms with Gasteiger partial charge in [-0.15, -0.1) is 0 Å². The first-order valence-electron chi connectivity index (χ1n) is 13.9. The molecule has 9 atom stereocenters. The molecular weight excluding hydrogens is 532 g/mol. The Morgan fingerprint density at radius 1 is 0.976 bits per heavy atom. The van der Waals surface area contributed by atoms with E-state index in [1.54, 1.807) is 58.0 Å². The molecule has 0 spiro atoms. The number of aliphatic hydroxyl groups is 2. The molecule has 10 heteroatoms. The molecule has 10 nitrogen and oxygen atoms in total. The van der Waals surface area contributed by atoms with Crippen molar-refractivity contribution >= 4 is 17.7 Å². The van der Waals surface area contributed by atoms with Crippen molar-refractivity contribution in [2.75, 3.05) is 21.3 Å². The summed E-state index contributed by atoms with van der Waals surface area (Å²) in [5.41, 5.74) is -3.52. The average molecular weight is 575 g/mol. The van der Waals surface area contributed by atoms with Crippen LogP contribution in [0.2, 0.25) is 0 Å². The Hall–Kier alpha value is -2.63. The minimum atomic E-state index is -1.94. The monoisotopic (exact) mass is 574 g/mol. The minimum absolute atomic E-state index is 0.182. The zero-order valence-corrected chi connectivity index (χ0v) is 25.0. The molecule has 0 amide bonds. The zero-order valence-electron chi connectivity index (χ0n) is 25.0. The Morgan fingerprint density at radius 3 is 2.15 bits per heavy atom. The van der Waals surface area contributed by atoms with Crippen molar-refractivity contribution < 1.29 is 48.3 Å². The normalized spacial score (nSPS) is 38.4. The molecule has 4 rings (SSSR count). The highest BCUT2D eigenvalue weighted by atomic mass is 16.6. The number of carbonyl (C=O) groups excluding carboxylic acids is 3. The van der Waals surface area contributed by atoms with Crippen LogP contribution in [-0.2, 0) is 33.3 Å². The van der Waals surface area contributed by atoms with Crippen LogP contribution in [0.1, 0.15) is 57.8 Å². The fourth-order valence-electron chi connectivity index (χ4n) is 7.58. The van der Waals surface area contributed by atoms with Crippen LogP contribution in [0.3, 0.4) is 0 Å². The third kappa shape index (κ3) is 4.73. The van der Waals surface area contributed by atoms with Gasteiger partial charge in [-0.25, -0.2) is 4.79 Å². The molecule has 2 saturated carbocycles. The maximum absolute atomic E-state index is 14.8. The molecule has 226 valence electrons. The average Bonchev–Trinajstić information content (AvgIpc) is 2.93. The van der Waals surface area contributed by atoms with Crippen molar-refractivity contribution in [3.63, 3.8) is 0 Å². The lowest BCUT2D eigenvalue weighted by Gasteiger charge is -2.62. The van der Waals surface area contributed by atoms with Crippen LogP contribution in [-0.4, -0.2) is 91.5 Å². The number of fused-ring (bicyclic) bond motifs is 3. The second kappa shape index (κ2) is 11.2. The number of carbonyl (C=O) groups is 3. The van der Waals surface area contributed by atoms with Gasteiger partial charge in [0.2, 0.25) is 0 Å². The number of ketones is 1. The lowest BCUT2D eigenvalue weighted by Crippen LogP contribution is -2.74. The molecule has 0 aliphatic heterocycles. The number of rotatable bonds is 6. The van der Waals surface area contributed by atoms with Crippen LogP contribution in [0.25, 0.3) is 0 Å². The molecule has 0 heterocycles. The topological polar surface area (TPSA) is 138 Å². The lowest BCUT2D eigenvalue weighted by atomic mass is 9.47. The number of Topliss-reactive ketones (excluding diaryl/α,β-unsaturated/α-hetero) is 1. The van der Waals surface area contributed by atoms with E-state index < -0.39 is 76.7 Å². The van der Waals surface area contributed by atoms with Gasteiger partial charge in [0.1, 0.15) is 23.9 Å². The maximum Gasteiger partial charge on any atom is 0.338 e. The minimum Gasteiger partial charge on any atom is -0.459 e. The molecule has 2 fully saturated rings. The van der Waals surface area contributed by atoms with E-state index in [0.29, 0.717) is 11.1 Å². The van der Waals surface area contributed by atoms with E-state index in [1.165, 1.54) is 28.3 Å². The molecule has 41 heavy (non-hydrogen) atoms. The molecule has 0 saturated heterocycles. The number of esters is 2. The van der Waals surface area contributed by atoms with Crippen LogP contribution in [0.15, 0.2) is 41.5 Å². The standard InChI is InChI=1S/C31H42O10/c1-16-19(33)15-31(36)27(41-28(35)18-12-10-9-11-13-18)23-24(40-17(2)32)20(37-6)14-21(38-7)30(23,5)26(34)25(39-8)22(16)29(31,3)4/h9-13,19-21,23-25,27,33,36H,14-15H2,1-8H3/t19-,20+,21-,23-,24-,25+,27-,30+,31+/m0/s1. The van der Waals surface area contributed by atoms with Gasteiger partial charge < -0.3 is 33.9 Å². The molecule has 2 N–H and O–H groups in total. The summed E-state index contributed by atoms with van der Waals surface area (Å²) in [7, 11) is 4.33. The number of aliphatic hydroxyl groups excluding tert-OH is 1. The number of ether oxygens (including phenoxy) is 5. The summed E-state index contributed by atoms with van der Waals surface area (Å²) >= 11 is 0. The predicted molar refractivity (Wildman–Crippen MR) is 147 cm³/mol. The summed E-state index contributed by atoms with van der Waals surface area (Å²) in [6, 6.07) is 8.28. The SMILES string of the molecule is CO[C@H]1C(=O)[C@@]2(C)[C@@H]([C@@H](OC(C)=O)[C@H](OC)C[C@@H]2OC)[C@H](OC(=O)c2ccccc2)[C@]2(O)C[C@H](O)C(C)=C1C2(C)C. The van der Waals surface area contributed by atoms with Crippen LogP contribution in [0.4, 0.5) is 0 Å². The number of hydrogen-bond donors (Lipinski definition) is 2. The molecule has 1 aromatic rings. The number of benzene rings is 1. The first-order valence-corrected chi connectivity index (χ1v) is 13.9. The summed E-state index contributed by atoms with van der Waals surface area (Å²) in [5.74, 6) is -2.92. The van der Waals surface area contributed by atoms with Crippen molar-refractivity contribution in [3.8, 4) is 0 Å². The van der Waals surface area contributed by atoms with E-state index in [9.17, 15) is 24.6 Å². The second-order valence-electron chi connectivity index (χ2n) is 12.2. The molecule has 0 aromatic heterocycles. The Balaban J connectivity index is 2.08. The van der Waals surface area contributed by atoms with Crippen LogP contribution >= 0.6 is 0 Å². The molecular formula is C31H42O10. The van der Waals surface area contributed by atoms with Crippen LogP contribution in [0, 0.1) is 16.7 Å². The van der Waals surface area contributed by atoms with Gasteiger partial charge >= 0.3 is 11.9 Å². The summed E-state index contributed by atoms with van der Waals surface area (Å²) in [5, 5.41) is 24.1. The van der Waals surface area contributed by atoms with Crippen LogP contribution in [0.5, 0.6) is 0 Å². The van der Waals surface area contributed by atoms with Crippen molar-refractivity contribution in [3.05, 3.63) is 47.0 Å². The van der Waals surface area contributed by atoms with Crippen molar-refractivity contribution in [1.29, 1.82) is 0 Å². The molecule has 2 bridgehead atoms. The van der Waals surface area contributed by atoms with Gasteiger partial charge in [0.15, 0.2) is 5.78 Å². The Bertz CT molecular complexity index is 1210. The third-order valence-corrected chi connectivity index (χ3v) is 9.91. The first-order chi connectivity index (χ1) is 19.2. The van der Waals surface area contributed by atoms with E-state index in [4.69, 9.17) is 23.7 Å².